The summed E-state index contributed by atoms with van der Waals surface area (Å²) < 4.78 is 28.7. The van der Waals surface area contributed by atoms with E-state index in [9.17, 15) is 13.2 Å². The third-order valence-electron chi connectivity index (χ3n) is 6.55. The van der Waals surface area contributed by atoms with Crippen LogP contribution < -0.4 is 9.62 Å². The molecule has 0 aliphatic carbocycles. The van der Waals surface area contributed by atoms with E-state index in [0.29, 0.717) is 29.9 Å². The van der Waals surface area contributed by atoms with Crippen LogP contribution in [0.5, 0.6) is 0 Å². The van der Waals surface area contributed by atoms with Crippen molar-refractivity contribution in [3.63, 3.8) is 0 Å². The number of carbonyl (C=O) groups is 1. The lowest BCUT2D eigenvalue weighted by Gasteiger charge is -2.37. The van der Waals surface area contributed by atoms with Gasteiger partial charge in [-0.1, -0.05) is 43.3 Å². The van der Waals surface area contributed by atoms with Gasteiger partial charge in [0.15, 0.2) is 0 Å². The number of carbonyl (C=O) groups excluding carboxylic acids is 1. The fourth-order valence-corrected chi connectivity index (χ4v) is 5.87. The van der Waals surface area contributed by atoms with E-state index in [2.05, 4.69) is 45.8 Å². The van der Waals surface area contributed by atoms with Crippen molar-refractivity contribution in [3.05, 3.63) is 96.2 Å². The van der Waals surface area contributed by atoms with Gasteiger partial charge in [0.25, 0.3) is 15.9 Å². The first-order valence-electron chi connectivity index (χ1n) is 12.0. The Morgan fingerprint density at radius 3 is 2.36 bits per heavy atom. The third-order valence-corrected chi connectivity index (χ3v) is 7.96. The van der Waals surface area contributed by atoms with Crippen molar-refractivity contribution in [1.82, 2.24) is 9.88 Å². The van der Waals surface area contributed by atoms with Crippen molar-refractivity contribution >= 4 is 38.2 Å². The Kier molecular flexibility index (Phi) is 6.61. The molecular formula is C28H28N4O3S. The summed E-state index contributed by atoms with van der Waals surface area (Å²) in [5.74, 6) is -0.0499. The highest BCUT2D eigenvalue weighted by Crippen LogP contribution is 2.25. The Labute approximate surface area is 211 Å². The predicted molar refractivity (Wildman–Crippen MR) is 143 cm³/mol. The van der Waals surface area contributed by atoms with E-state index in [1.54, 1.807) is 42.6 Å². The van der Waals surface area contributed by atoms with Crippen molar-refractivity contribution in [2.24, 2.45) is 0 Å². The van der Waals surface area contributed by atoms with Crippen LogP contribution in [0.3, 0.4) is 0 Å². The molecule has 0 saturated carbocycles. The minimum Gasteiger partial charge on any atom is -0.368 e. The second kappa shape index (κ2) is 9.99. The number of nitrogens with zero attached hydrogens (tertiary/aromatic N) is 3. The summed E-state index contributed by atoms with van der Waals surface area (Å²) in [6, 6.07) is 23.6. The number of benzene rings is 3. The summed E-state index contributed by atoms with van der Waals surface area (Å²) >= 11 is 0. The van der Waals surface area contributed by atoms with Gasteiger partial charge >= 0.3 is 0 Å². The molecule has 1 N–H and O–H groups in total. The van der Waals surface area contributed by atoms with E-state index in [1.807, 2.05) is 17.0 Å². The number of sulfonamides is 1. The maximum absolute atomic E-state index is 13.1. The van der Waals surface area contributed by atoms with Gasteiger partial charge in [-0.25, -0.2) is 8.42 Å². The first kappa shape index (κ1) is 23.8. The molecule has 0 bridgehead atoms. The molecule has 0 unspecified atom stereocenters. The van der Waals surface area contributed by atoms with Crippen molar-refractivity contribution in [3.8, 4) is 0 Å². The molecule has 0 spiro atoms. The highest BCUT2D eigenvalue weighted by molar-refractivity contribution is 7.93. The molecule has 3 aromatic carbocycles. The van der Waals surface area contributed by atoms with Crippen molar-refractivity contribution < 1.29 is 13.2 Å². The molecule has 2 heterocycles. The van der Waals surface area contributed by atoms with Gasteiger partial charge in [-0.05, 0) is 54.4 Å². The van der Waals surface area contributed by atoms with Gasteiger partial charge in [-0.2, -0.15) is 0 Å². The number of nitrogens with one attached hydrogen (secondary N) is 1. The van der Waals surface area contributed by atoms with Crippen LogP contribution in [0.25, 0.3) is 10.9 Å². The van der Waals surface area contributed by atoms with Gasteiger partial charge in [0.1, 0.15) is 4.90 Å². The number of anilines is 2. The van der Waals surface area contributed by atoms with Crippen LogP contribution in [0.1, 0.15) is 22.8 Å². The molecule has 0 radical (unpaired) electrons. The SMILES string of the molecule is CCc1ccccc1N1CCN(C(=O)c2ccc(NS(=O)(=O)c3cccc4cccnc34)cc2)CC1. The Hall–Kier alpha value is -3.91. The summed E-state index contributed by atoms with van der Waals surface area (Å²) in [4.78, 5) is 21.6. The number of para-hydroxylation sites is 2. The van der Waals surface area contributed by atoms with Crippen LogP contribution in [-0.2, 0) is 16.4 Å². The molecule has 1 saturated heterocycles. The lowest BCUT2D eigenvalue weighted by Crippen LogP contribution is -2.49. The van der Waals surface area contributed by atoms with E-state index < -0.39 is 10.0 Å². The van der Waals surface area contributed by atoms with E-state index >= 15 is 0 Å². The van der Waals surface area contributed by atoms with E-state index in [1.165, 1.54) is 17.3 Å². The van der Waals surface area contributed by atoms with Gasteiger partial charge in [0.2, 0.25) is 0 Å². The molecule has 1 aliphatic heterocycles. The second-order valence-electron chi connectivity index (χ2n) is 8.78. The summed E-state index contributed by atoms with van der Waals surface area (Å²) in [5.41, 5.74) is 3.90. The molecule has 36 heavy (non-hydrogen) atoms. The number of hydrogen-bond acceptors (Lipinski definition) is 5. The van der Waals surface area contributed by atoms with Crippen LogP contribution in [0, 0.1) is 0 Å². The molecule has 1 aromatic heterocycles. The standard InChI is InChI=1S/C28H28N4O3S/c1-2-21-7-3-4-10-25(21)31-17-19-32(20-18-31)28(33)23-12-14-24(15-13-23)30-36(34,35)26-11-5-8-22-9-6-16-29-27(22)26/h3-16,30H,2,17-20H2,1H3. The summed E-state index contributed by atoms with van der Waals surface area (Å²) in [7, 11) is -3.85. The van der Waals surface area contributed by atoms with Gasteiger partial charge in [-0.15, -0.1) is 0 Å². The summed E-state index contributed by atoms with van der Waals surface area (Å²) in [6.45, 7) is 4.99. The van der Waals surface area contributed by atoms with Gasteiger partial charge < -0.3 is 9.80 Å². The largest absolute Gasteiger partial charge is 0.368 e. The van der Waals surface area contributed by atoms with Crippen molar-refractivity contribution in [2.75, 3.05) is 35.8 Å². The minimum absolute atomic E-state index is 0.0499. The first-order chi connectivity index (χ1) is 17.5. The smallest absolute Gasteiger partial charge is 0.264 e. The Morgan fingerprint density at radius 2 is 1.61 bits per heavy atom. The van der Waals surface area contributed by atoms with E-state index in [4.69, 9.17) is 0 Å². The predicted octanol–water partition coefficient (Wildman–Crippen LogP) is 4.56. The molecule has 7 nitrogen and oxygen atoms in total. The number of pyridine rings is 1. The Balaban J connectivity index is 1.25. The van der Waals surface area contributed by atoms with E-state index in [-0.39, 0.29) is 10.8 Å². The molecular weight excluding hydrogens is 472 g/mol. The quantitative estimate of drug-likeness (QED) is 0.420. The van der Waals surface area contributed by atoms with Gasteiger partial charge in [-0.3, -0.25) is 14.5 Å². The number of aromatic nitrogens is 1. The third kappa shape index (κ3) is 4.77. The zero-order chi connectivity index (χ0) is 25.1. The molecule has 8 heteroatoms. The topological polar surface area (TPSA) is 82.6 Å². The Morgan fingerprint density at radius 1 is 0.889 bits per heavy atom. The first-order valence-corrected chi connectivity index (χ1v) is 13.5. The number of amides is 1. The van der Waals surface area contributed by atoms with E-state index in [0.717, 1.165) is 24.9 Å². The summed E-state index contributed by atoms with van der Waals surface area (Å²) in [6.07, 6.45) is 2.55. The number of piperazine rings is 1. The second-order valence-corrected chi connectivity index (χ2v) is 10.4. The lowest BCUT2D eigenvalue weighted by atomic mass is 10.1. The molecule has 1 fully saturated rings. The number of rotatable bonds is 6. The molecule has 0 atom stereocenters. The maximum atomic E-state index is 13.1. The molecule has 1 aliphatic rings. The average molecular weight is 501 g/mol. The fourth-order valence-electron chi connectivity index (χ4n) is 4.64. The number of hydrogen-bond donors (Lipinski definition) is 1. The van der Waals surface area contributed by atoms with Crippen LogP contribution in [0.4, 0.5) is 11.4 Å². The normalized spacial score (nSPS) is 14.1. The number of fused-ring (bicyclic) bond motifs is 1. The summed E-state index contributed by atoms with van der Waals surface area (Å²) in [5, 5.41) is 0.750. The van der Waals surface area contributed by atoms with Crippen LogP contribution >= 0.6 is 0 Å². The lowest BCUT2D eigenvalue weighted by molar-refractivity contribution is 0.0747. The molecule has 1 amide bonds. The zero-order valence-electron chi connectivity index (χ0n) is 20.1. The van der Waals surface area contributed by atoms with Gasteiger partial charge in [0, 0.05) is 54.7 Å². The molecule has 4 aromatic rings. The Bertz CT molecular complexity index is 1490. The minimum atomic E-state index is -3.85. The highest BCUT2D eigenvalue weighted by atomic mass is 32.2. The number of aryl methyl sites for hydroxylation is 1. The highest BCUT2D eigenvalue weighted by Gasteiger charge is 2.24. The van der Waals surface area contributed by atoms with Gasteiger partial charge in [0.05, 0.1) is 5.52 Å². The maximum Gasteiger partial charge on any atom is 0.264 e. The molecule has 184 valence electrons. The van der Waals surface area contributed by atoms with Crippen LogP contribution in [0.15, 0.2) is 90.0 Å². The van der Waals surface area contributed by atoms with Crippen LogP contribution in [-0.4, -0.2) is 50.4 Å². The molecule has 5 rings (SSSR count). The zero-order valence-corrected chi connectivity index (χ0v) is 20.9. The fraction of sp³-hybridized carbons (Fsp3) is 0.214. The average Bonchev–Trinajstić information content (AvgIpc) is 2.92. The monoisotopic (exact) mass is 500 g/mol. The van der Waals surface area contributed by atoms with Crippen molar-refractivity contribution in [1.29, 1.82) is 0 Å². The van der Waals surface area contributed by atoms with Crippen LogP contribution in [0.2, 0.25) is 0 Å². The van der Waals surface area contributed by atoms with Crippen molar-refractivity contribution in [2.45, 2.75) is 18.2 Å².